The fraction of sp³-hybridized carbons (Fsp3) is 0.833. The molecule has 1 atom stereocenters. The Morgan fingerprint density at radius 1 is 1.30 bits per heavy atom. The highest BCUT2D eigenvalue weighted by atomic mass is 127. The van der Waals surface area contributed by atoms with Crippen LogP contribution in [0.3, 0.4) is 0 Å². The van der Waals surface area contributed by atoms with E-state index in [-0.39, 0.29) is 30.1 Å². The number of aliphatic imine (C=N–C) groups is 1. The molecule has 2 aliphatic heterocycles. The summed E-state index contributed by atoms with van der Waals surface area (Å²) in [5.74, 6) is 2.89. The van der Waals surface area contributed by atoms with Crippen LogP contribution in [0, 0.1) is 0 Å². The fourth-order valence-corrected chi connectivity index (χ4v) is 3.33. The minimum Gasteiger partial charge on any atom is -0.379 e. The van der Waals surface area contributed by atoms with E-state index in [2.05, 4.69) is 37.3 Å². The van der Waals surface area contributed by atoms with Crippen LogP contribution in [-0.4, -0.2) is 59.7 Å². The van der Waals surface area contributed by atoms with E-state index < -0.39 is 0 Å². The molecule has 1 aromatic heterocycles. The van der Waals surface area contributed by atoms with E-state index in [0.29, 0.717) is 6.54 Å². The SMILES string of the molecule is CCNC(=NCc1nnc2n1CCCCC2)NCCCOC1CCOC1.I. The first-order chi connectivity index (χ1) is 12.9. The Kier molecular flexibility index (Phi) is 10.4. The van der Waals surface area contributed by atoms with Crippen LogP contribution in [0.5, 0.6) is 0 Å². The van der Waals surface area contributed by atoms with Crippen molar-refractivity contribution in [3.63, 3.8) is 0 Å². The number of ether oxygens (including phenoxy) is 2. The van der Waals surface area contributed by atoms with Crippen molar-refractivity contribution in [3.8, 4) is 0 Å². The van der Waals surface area contributed by atoms with Gasteiger partial charge >= 0.3 is 0 Å². The molecule has 154 valence electrons. The van der Waals surface area contributed by atoms with Gasteiger partial charge in [-0.3, -0.25) is 0 Å². The first-order valence-electron chi connectivity index (χ1n) is 9.99. The number of nitrogens with one attached hydrogen (secondary N) is 2. The van der Waals surface area contributed by atoms with Crippen LogP contribution in [-0.2, 0) is 29.0 Å². The van der Waals surface area contributed by atoms with Crippen LogP contribution in [0.4, 0.5) is 0 Å². The number of guanidine groups is 1. The van der Waals surface area contributed by atoms with Crippen molar-refractivity contribution in [1.29, 1.82) is 0 Å². The number of halogens is 1. The lowest BCUT2D eigenvalue weighted by Crippen LogP contribution is -2.38. The molecule has 0 aliphatic carbocycles. The molecule has 2 N–H and O–H groups in total. The lowest BCUT2D eigenvalue weighted by atomic mass is 10.2. The van der Waals surface area contributed by atoms with Crippen LogP contribution in [0.2, 0.25) is 0 Å². The number of fused-ring (bicyclic) bond motifs is 1. The van der Waals surface area contributed by atoms with E-state index in [1.54, 1.807) is 0 Å². The Bertz CT molecular complexity index is 574. The molecule has 8 nitrogen and oxygen atoms in total. The number of nitrogens with zero attached hydrogens (tertiary/aromatic N) is 4. The third kappa shape index (κ3) is 7.19. The molecule has 27 heavy (non-hydrogen) atoms. The van der Waals surface area contributed by atoms with Crippen molar-refractivity contribution in [2.24, 2.45) is 4.99 Å². The molecule has 3 rings (SSSR count). The van der Waals surface area contributed by atoms with Crippen LogP contribution in [0.25, 0.3) is 0 Å². The summed E-state index contributed by atoms with van der Waals surface area (Å²) in [5.41, 5.74) is 0. The molecular weight excluding hydrogens is 459 g/mol. The topological polar surface area (TPSA) is 85.6 Å². The second kappa shape index (κ2) is 12.5. The van der Waals surface area contributed by atoms with Crippen molar-refractivity contribution in [2.45, 2.75) is 64.6 Å². The van der Waals surface area contributed by atoms with Gasteiger partial charge in [0.2, 0.25) is 0 Å². The van der Waals surface area contributed by atoms with Crippen molar-refractivity contribution in [1.82, 2.24) is 25.4 Å². The predicted molar refractivity (Wildman–Crippen MR) is 116 cm³/mol. The monoisotopic (exact) mass is 492 g/mol. The summed E-state index contributed by atoms with van der Waals surface area (Å²) < 4.78 is 13.4. The third-order valence-electron chi connectivity index (χ3n) is 4.76. The highest BCUT2D eigenvalue weighted by Crippen LogP contribution is 2.14. The quantitative estimate of drug-likeness (QED) is 0.250. The summed E-state index contributed by atoms with van der Waals surface area (Å²) in [5, 5.41) is 15.3. The Labute approximate surface area is 178 Å². The van der Waals surface area contributed by atoms with Crippen molar-refractivity contribution >= 4 is 29.9 Å². The van der Waals surface area contributed by atoms with Gasteiger partial charge < -0.3 is 24.7 Å². The summed E-state index contributed by atoms with van der Waals surface area (Å²) in [4.78, 5) is 4.68. The zero-order chi connectivity index (χ0) is 18.0. The second-order valence-electron chi connectivity index (χ2n) is 6.83. The summed E-state index contributed by atoms with van der Waals surface area (Å²) >= 11 is 0. The van der Waals surface area contributed by atoms with Gasteiger partial charge in [-0.1, -0.05) is 6.42 Å². The molecule has 3 heterocycles. The first kappa shape index (κ1) is 22.4. The molecule has 0 radical (unpaired) electrons. The zero-order valence-corrected chi connectivity index (χ0v) is 18.6. The molecule has 0 saturated carbocycles. The highest BCUT2D eigenvalue weighted by Gasteiger charge is 2.16. The van der Waals surface area contributed by atoms with E-state index in [1.807, 2.05) is 0 Å². The maximum atomic E-state index is 5.79. The van der Waals surface area contributed by atoms with E-state index in [9.17, 15) is 0 Å². The molecule has 1 unspecified atom stereocenters. The van der Waals surface area contributed by atoms with Crippen LogP contribution in [0.15, 0.2) is 4.99 Å². The average Bonchev–Trinajstić information content (AvgIpc) is 3.24. The van der Waals surface area contributed by atoms with Crippen LogP contribution in [0.1, 0.15) is 50.7 Å². The Morgan fingerprint density at radius 2 is 2.22 bits per heavy atom. The van der Waals surface area contributed by atoms with Crippen molar-refractivity contribution in [3.05, 3.63) is 11.6 Å². The summed E-state index contributed by atoms with van der Waals surface area (Å²) in [6.07, 6.45) is 6.95. The Balaban J connectivity index is 0.00000261. The highest BCUT2D eigenvalue weighted by molar-refractivity contribution is 14.0. The standard InChI is InChI=1S/C18H32N6O2.HI/c1-2-19-18(20-9-6-11-26-15-8-12-25-14-15)21-13-17-23-22-16-7-4-3-5-10-24(16)17;/h15H,2-14H2,1H3,(H2,19,20,21);1H. The first-order valence-corrected chi connectivity index (χ1v) is 9.99. The minimum absolute atomic E-state index is 0. The van der Waals surface area contributed by atoms with E-state index in [4.69, 9.17) is 9.47 Å². The minimum atomic E-state index is 0. The molecule has 1 saturated heterocycles. The van der Waals surface area contributed by atoms with Crippen molar-refractivity contribution in [2.75, 3.05) is 32.9 Å². The summed E-state index contributed by atoms with van der Waals surface area (Å²) in [7, 11) is 0. The normalized spacial score (nSPS) is 19.9. The van der Waals surface area contributed by atoms with Gasteiger partial charge in [-0.15, -0.1) is 34.2 Å². The van der Waals surface area contributed by atoms with Gasteiger partial charge in [-0.25, -0.2) is 4.99 Å². The number of aromatic nitrogens is 3. The molecule has 1 fully saturated rings. The van der Waals surface area contributed by atoms with E-state index in [0.717, 1.165) is 76.3 Å². The number of aryl methyl sites for hydroxylation is 1. The number of rotatable bonds is 8. The van der Waals surface area contributed by atoms with Gasteiger partial charge in [0, 0.05) is 39.3 Å². The van der Waals surface area contributed by atoms with E-state index in [1.165, 1.54) is 19.3 Å². The molecule has 2 aliphatic rings. The largest absolute Gasteiger partial charge is 0.379 e. The van der Waals surface area contributed by atoms with Gasteiger partial charge in [0.05, 0.1) is 12.7 Å². The molecular formula is C18H33IN6O2. The van der Waals surface area contributed by atoms with Gasteiger partial charge in [-0.05, 0) is 32.6 Å². The van der Waals surface area contributed by atoms with E-state index >= 15 is 0 Å². The molecule has 0 spiro atoms. The molecule has 0 bridgehead atoms. The maximum absolute atomic E-state index is 5.79. The molecule has 0 amide bonds. The molecule has 0 aromatic carbocycles. The van der Waals surface area contributed by atoms with Gasteiger partial charge in [0.15, 0.2) is 11.8 Å². The smallest absolute Gasteiger partial charge is 0.191 e. The number of hydrogen-bond acceptors (Lipinski definition) is 5. The van der Waals surface area contributed by atoms with Gasteiger partial charge in [0.1, 0.15) is 12.4 Å². The van der Waals surface area contributed by atoms with Gasteiger partial charge in [0.25, 0.3) is 0 Å². The second-order valence-corrected chi connectivity index (χ2v) is 6.83. The average molecular weight is 492 g/mol. The Morgan fingerprint density at radius 3 is 3.04 bits per heavy atom. The molecule has 9 heteroatoms. The van der Waals surface area contributed by atoms with Crippen molar-refractivity contribution < 1.29 is 9.47 Å². The maximum Gasteiger partial charge on any atom is 0.191 e. The lowest BCUT2D eigenvalue weighted by Gasteiger charge is -2.13. The summed E-state index contributed by atoms with van der Waals surface area (Å²) in [6.45, 7) is 7.61. The van der Waals surface area contributed by atoms with Crippen LogP contribution >= 0.6 is 24.0 Å². The molecule has 1 aromatic rings. The number of hydrogen-bond donors (Lipinski definition) is 2. The predicted octanol–water partition coefficient (Wildman–Crippen LogP) is 1.87. The lowest BCUT2D eigenvalue weighted by molar-refractivity contribution is 0.0420. The Hall–Kier alpha value is -0.940. The third-order valence-corrected chi connectivity index (χ3v) is 4.76. The fourth-order valence-electron chi connectivity index (χ4n) is 3.33. The van der Waals surface area contributed by atoms with Crippen LogP contribution < -0.4 is 10.6 Å². The summed E-state index contributed by atoms with van der Waals surface area (Å²) in [6, 6.07) is 0. The van der Waals surface area contributed by atoms with Gasteiger partial charge in [-0.2, -0.15) is 0 Å². The zero-order valence-electron chi connectivity index (χ0n) is 16.3.